The molecular formula is C12H17F3N4O. The number of hydrogen-bond donors (Lipinski definition) is 2. The highest BCUT2D eigenvalue weighted by Crippen LogP contribution is 2.33. The van der Waals surface area contributed by atoms with Gasteiger partial charge in [-0.25, -0.2) is 4.98 Å². The standard InChI is InChI=1S/C12H17F3N4O/c1-7-11(2,4-5-20-7)19-9-6-8(12(13,14)15)17-10(16-3)18-9/h6-7H,4-5H2,1-3H3,(H2,16,17,18,19). The number of anilines is 2. The van der Waals surface area contributed by atoms with Gasteiger partial charge in [0.1, 0.15) is 5.82 Å². The van der Waals surface area contributed by atoms with Gasteiger partial charge in [-0.15, -0.1) is 0 Å². The Morgan fingerprint density at radius 2 is 2.10 bits per heavy atom. The van der Waals surface area contributed by atoms with Gasteiger partial charge < -0.3 is 15.4 Å². The Morgan fingerprint density at radius 3 is 2.60 bits per heavy atom. The Hall–Kier alpha value is -1.57. The highest BCUT2D eigenvalue weighted by Gasteiger charge is 2.38. The zero-order valence-corrected chi connectivity index (χ0v) is 11.5. The molecule has 1 aliphatic heterocycles. The minimum absolute atomic E-state index is 0.0718. The predicted octanol–water partition coefficient (Wildman–Crippen LogP) is 2.52. The number of rotatable bonds is 3. The van der Waals surface area contributed by atoms with Gasteiger partial charge in [-0.3, -0.25) is 0 Å². The van der Waals surface area contributed by atoms with E-state index in [2.05, 4.69) is 20.6 Å². The Morgan fingerprint density at radius 1 is 1.40 bits per heavy atom. The molecule has 0 bridgehead atoms. The summed E-state index contributed by atoms with van der Waals surface area (Å²) in [7, 11) is 1.47. The number of halogens is 3. The molecule has 112 valence electrons. The summed E-state index contributed by atoms with van der Waals surface area (Å²) in [5.74, 6) is 0.0639. The van der Waals surface area contributed by atoms with E-state index in [0.29, 0.717) is 13.0 Å². The molecule has 2 rings (SSSR count). The molecule has 20 heavy (non-hydrogen) atoms. The molecule has 0 spiro atoms. The molecule has 1 saturated heterocycles. The summed E-state index contributed by atoms with van der Waals surface area (Å²) in [5, 5.41) is 5.57. The highest BCUT2D eigenvalue weighted by atomic mass is 19.4. The number of aromatic nitrogens is 2. The Kier molecular flexibility index (Phi) is 3.77. The number of ether oxygens (including phenoxy) is 1. The van der Waals surface area contributed by atoms with Crippen molar-refractivity contribution in [1.82, 2.24) is 9.97 Å². The molecule has 0 aromatic carbocycles. The Bertz CT molecular complexity index is 494. The minimum Gasteiger partial charge on any atom is -0.376 e. The van der Waals surface area contributed by atoms with Crippen LogP contribution in [0.2, 0.25) is 0 Å². The van der Waals surface area contributed by atoms with E-state index in [-0.39, 0.29) is 17.9 Å². The van der Waals surface area contributed by atoms with E-state index >= 15 is 0 Å². The van der Waals surface area contributed by atoms with Crippen molar-refractivity contribution in [3.05, 3.63) is 11.8 Å². The summed E-state index contributed by atoms with van der Waals surface area (Å²) in [6, 6.07) is 0.914. The lowest BCUT2D eigenvalue weighted by molar-refractivity contribution is -0.141. The van der Waals surface area contributed by atoms with Crippen LogP contribution in [0.1, 0.15) is 26.0 Å². The van der Waals surface area contributed by atoms with Gasteiger partial charge in [0, 0.05) is 19.7 Å². The van der Waals surface area contributed by atoms with Crippen LogP contribution in [0.5, 0.6) is 0 Å². The van der Waals surface area contributed by atoms with Crippen molar-refractivity contribution in [3.8, 4) is 0 Å². The number of alkyl halides is 3. The zero-order chi connectivity index (χ0) is 15.0. The lowest BCUT2D eigenvalue weighted by Gasteiger charge is -2.29. The van der Waals surface area contributed by atoms with Gasteiger partial charge in [-0.05, 0) is 20.3 Å². The molecule has 0 saturated carbocycles. The summed E-state index contributed by atoms with van der Waals surface area (Å²) in [4.78, 5) is 7.44. The van der Waals surface area contributed by atoms with Crippen LogP contribution < -0.4 is 10.6 Å². The van der Waals surface area contributed by atoms with E-state index in [0.717, 1.165) is 6.07 Å². The van der Waals surface area contributed by atoms with E-state index in [1.54, 1.807) is 0 Å². The molecule has 1 aromatic heterocycles. The van der Waals surface area contributed by atoms with Crippen molar-refractivity contribution in [3.63, 3.8) is 0 Å². The van der Waals surface area contributed by atoms with Crippen LogP contribution in [-0.2, 0) is 10.9 Å². The van der Waals surface area contributed by atoms with Crippen molar-refractivity contribution in [2.75, 3.05) is 24.3 Å². The third kappa shape index (κ3) is 2.95. The minimum atomic E-state index is -4.51. The topological polar surface area (TPSA) is 59.1 Å². The summed E-state index contributed by atoms with van der Waals surface area (Å²) in [6.45, 7) is 4.35. The third-order valence-electron chi connectivity index (χ3n) is 3.54. The van der Waals surface area contributed by atoms with E-state index in [9.17, 15) is 13.2 Å². The van der Waals surface area contributed by atoms with Crippen molar-refractivity contribution in [1.29, 1.82) is 0 Å². The first-order valence-corrected chi connectivity index (χ1v) is 6.28. The molecule has 1 aliphatic rings. The largest absolute Gasteiger partial charge is 0.433 e. The van der Waals surface area contributed by atoms with Crippen molar-refractivity contribution < 1.29 is 17.9 Å². The summed E-state index contributed by atoms with van der Waals surface area (Å²) >= 11 is 0. The first kappa shape index (κ1) is 14.8. The SMILES string of the molecule is CNc1nc(NC2(C)CCOC2C)cc(C(F)(F)F)n1. The van der Waals surface area contributed by atoms with Crippen LogP contribution in [0.25, 0.3) is 0 Å². The first-order valence-electron chi connectivity index (χ1n) is 6.28. The van der Waals surface area contributed by atoms with Crippen LogP contribution in [0.3, 0.4) is 0 Å². The second-order valence-electron chi connectivity index (χ2n) is 5.02. The van der Waals surface area contributed by atoms with E-state index in [4.69, 9.17) is 4.74 Å². The van der Waals surface area contributed by atoms with Gasteiger partial charge in [-0.2, -0.15) is 18.2 Å². The summed E-state index contributed by atoms with van der Waals surface area (Å²) in [5.41, 5.74) is -1.42. The number of nitrogens with zero attached hydrogens (tertiary/aromatic N) is 2. The van der Waals surface area contributed by atoms with E-state index < -0.39 is 17.4 Å². The monoisotopic (exact) mass is 290 g/mol. The van der Waals surface area contributed by atoms with Crippen molar-refractivity contribution in [2.24, 2.45) is 0 Å². The lowest BCUT2D eigenvalue weighted by Crippen LogP contribution is -2.41. The maximum atomic E-state index is 12.8. The fourth-order valence-electron chi connectivity index (χ4n) is 2.06. The average molecular weight is 290 g/mol. The first-order chi connectivity index (χ1) is 9.24. The summed E-state index contributed by atoms with van der Waals surface area (Å²) in [6.07, 6.45) is -3.91. The number of hydrogen-bond acceptors (Lipinski definition) is 5. The maximum absolute atomic E-state index is 12.8. The quantitative estimate of drug-likeness (QED) is 0.895. The fraction of sp³-hybridized carbons (Fsp3) is 0.667. The normalized spacial score (nSPS) is 26.6. The summed E-state index contributed by atoms with van der Waals surface area (Å²) < 4.78 is 43.8. The predicted molar refractivity (Wildman–Crippen MR) is 68.6 cm³/mol. The van der Waals surface area contributed by atoms with Crippen LogP contribution in [0.15, 0.2) is 6.07 Å². The molecule has 2 heterocycles. The molecule has 1 aromatic rings. The average Bonchev–Trinajstić information content (AvgIpc) is 2.67. The molecule has 2 N–H and O–H groups in total. The Labute approximate surface area is 114 Å². The molecule has 0 radical (unpaired) electrons. The molecule has 0 amide bonds. The Balaban J connectivity index is 2.32. The van der Waals surface area contributed by atoms with Crippen LogP contribution >= 0.6 is 0 Å². The van der Waals surface area contributed by atoms with Gasteiger partial charge in [0.2, 0.25) is 5.95 Å². The van der Waals surface area contributed by atoms with E-state index in [1.807, 2.05) is 13.8 Å². The van der Waals surface area contributed by atoms with Crippen molar-refractivity contribution in [2.45, 2.75) is 38.1 Å². The number of nitrogens with one attached hydrogen (secondary N) is 2. The molecule has 2 atom stereocenters. The van der Waals surface area contributed by atoms with Gasteiger partial charge in [0.05, 0.1) is 11.6 Å². The van der Waals surface area contributed by atoms with E-state index in [1.165, 1.54) is 7.05 Å². The molecule has 2 unspecified atom stereocenters. The zero-order valence-electron chi connectivity index (χ0n) is 11.5. The highest BCUT2D eigenvalue weighted by molar-refractivity contribution is 5.45. The maximum Gasteiger partial charge on any atom is 0.433 e. The second-order valence-corrected chi connectivity index (χ2v) is 5.02. The fourth-order valence-corrected chi connectivity index (χ4v) is 2.06. The van der Waals surface area contributed by atoms with Gasteiger partial charge >= 0.3 is 6.18 Å². The molecule has 8 heteroatoms. The molecule has 5 nitrogen and oxygen atoms in total. The molecule has 1 fully saturated rings. The third-order valence-corrected chi connectivity index (χ3v) is 3.54. The van der Waals surface area contributed by atoms with Gasteiger partial charge in [0.15, 0.2) is 5.69 Å². The van der Waals surface area contributed by atoms with Crippen LogP contribution in [-0.4, -0.2) is 35.3 Å². The van der Waals surface area contributed by atoms with Crippen LogP contribution in [0, 0.1) is 0 Å². The van der Waals surface area contributed by atoms with Gasteiger partial charge in [-0.1, -0.05) is 0 Å². The second kappa shape index (κ2) is 5.08. The van der Waals surface area contributed by atoms with Crippen LogP contribution in [0.4, 0.5) is 24.9 Å². The van der Waals surface area contributed by atoms with Gasteiger partial charge in [0.25, 0.3) is 0 Å². The lowest BCUT2D eigenvalue weighted by atomic mass is 9.95. The smallest absolute Gasteiger partial charge is 0.376 e. The molecular weight excluding hydrogens is 273 g/mol. The molecule has 0 aliphatic carbocycles. The van der Waals surface area contributed by atoms with Crippen molar-refractivity contribution >= 4 is 11.8 Å².